The zero-order valence-electron chi connectivity index (χ0n) is 15.6. The van der Waals surface area contributed by atoms with E-state index >= 15 is 0 Å². The van der Waals surface area contributed by atoms with Crippen molar-refractivity contribution in [2.45, 2.75) is 59.2 Å². The third kappa shape index (κ3) is 3.23. The van der Waals surface area contributed by atoms with Crippen molar-refractivity contribution in [2.24, 2.45) is 4.99 Å². The van der Waals surface area contributed by atoms with Crippen LogP contribution >= 0.6 is 0 Å². The Hall–Kier alpha value is -2.28. The van der Waals surface area contributed by atoms with Crippen LogP contribution in [-0.2, 0) is 26.1 Å². The first-order valence-corrected chi connectivity index (χ1v) is 9.55. The van der Waals surface area contributed by atoms with Crippen molar-refractivity contribution < 1.29 is 0 Å². The number of rotatable bonds is 4. The predicted molar refractivity (Wildman–Crippen MR) is 101 cm³/mol. The second-order valence-electron chi connectivity index (χ2n) is 7.16. The van der Waals surface area contributed by atoms with Gasteiger partial charge in [-0.15, -0.1) is 0 Å². The lowest BCUT2D eigenvalue weighted by Crippen LogP contribution is -2.36. The Morgan fingerprint density at radius 1 is 1.27 bits per heavy atom. The van der Waals surface area contributed by atoms with Crippen molar-refractivity contribution in [3.63, 3.8) is 0 Å². The zero-order valence-corrected chi connectivity index (χ0v) is 15.6. The molecule has 0 spiro atoms. The number of hydrogen-bond acceptors (Lipinski definition) is 5. The lowest BCUT2D eigenvalue weighted by molar-refractivity contribution is 0.241. The normalized spacial score (nSPS) is 17.8. The van der Waals surface area contributed by atoms with Gasteiger partial charge in [-0.05, 0) is 33.1 Å². The molecule has 0 bridgehead atoms. The Labute approximate surface area is 153 Å². The fraction of sp³-hybridized carbons (Fsp3) is 0.579. The first kappa shape index (κ1) is 17.1. The molecule has 0 saturated carbocycles. The number of nitrogens with one attached hydrogen (secondary N) is 1. The topological polar surface area (TPSA) is 79.2 Å². The molecule has 4 rings (SSSR count). The van der Waals surface area contributed by atoms with E-state index in [4.69, 9.17) is 4.98 Å². The second kappa shape index (κ2) is 7.15. The minimum absolute atomic E-state index is 0.0102. The van der Waals surface area contributed by atoms with Gasteiger partial charge < -0.3 is 4.98 Å². The number of aryl methyl sites for hydroxylation is 1. The van der Waals surface area contributed by atoms with Gasteiger partial charge in [0.05, 0.1) is 23.2 Å². The highest BCUT2D eigenvalue weighted by molar-refractivity contribution is 5.97. The summed E-state index contributed by atoms with van der Waals surface area (Å²) in [5.41, 5.74) is 5.13. The van der Waals surface area contributed by atoms with Crippen LogP contribution in [0.15, 0.2) is 16.0 Å². The second-order valence-corrected chi connectivity index (χ2v) is 7.16. The molecule has 26 heavy (non-hydrogen) atoms. The van der Waals surface area contributed by atoms with Crippen LogP contribution < -0.4 is 5.56 Å². The van der Waals surface area contributed by atoms with Crippen LogP contribution in [0.25, 0.3) is 0 Å². The minimum Gasteiger partial charge on any atom is -0.305 e. The average Bonchev–Trinajstić information content (AvgIpc) is 3.02. The Kier molecular flexibility index (Phi) is 4.72. The standard InChI is InChI=1S/C19H26N6O/c1-3-25-13(2)14(10-21-25)11-24-9-7-16-15(12-24)19(26)23-18(22-16)17-6-4-5-8-20-17/h10H,3-9,11-12H2,1-2H3,(H,22,23,26). The molecule has 0 fully saturated rings. The number of aromatic nitrogens is 4. The number of nitrogens with zero attached hydrogens (tertiary/aromatic N) is 5. The van der Waals surface area contributed by atoms with Gasteiger partial charge in [-0.3, -0.25) is 19.4 Å². The summed E-state index contributed by atoms with van der Waals surface area (Å²) in [5, 5.41) is 4.42. The Morgan fingerprint density at radius 2 is 2.15 bits per heavy atom. The summed E-state index contributed by atoms with van der Waals surface area (Å²) in [6.45, 7) is 8.29. The molecule has 0 aromatic carbocycles. The molecule has 2 aliphatic heterocycles. The first-order valence-electron chi connectivity index (χ1n) is 9.55. The van der Waals surface area contributed by atoms with Gasteiger partial charge in [-0.2, -0.15) is 5.10 Å². The summed E-state index contributed by atoms with van der Waals surface area (Å²) in [6.07, 6.45) is 5.91. The smallest absolute Gasteiger partial charge is 0.255 e. The maximum Gasteiger partial charge on any atom is 0.255 e. The molecule has 7 nitrogen and oxygen atoms in total. The molecule has 2 aromatic heterocycles. The molecule has 0 atom stereocenters. The molecule has 0 saturated heterocycles. The molecular weight excluding hydrogens is 328 g/mol. The van der Waals surface area contributed by atoms with Crippen LogP contribution in [0.5, 0.6) is 0 Å². The van der Waals surface area contributed by atoms with Gasteiger partial charge in [-0.1, -0.05) is 0 Å². The molecule has 7 heteroatoms. The van der Waals surface area contributed by atoms with Crippen molar-refractivity contribution in [1.29, 1.82) is 0 Å². The number of aromatic amines is 1. The summed E-state index contributed by atoms with van der Waals surface area (Å²) in [7, 11) is 0. The number of hydrogen-bond donors (Lipinski definition) is 1. The highest BCUT2D eigenvalue weighted by atomic mass is 16.1. The van der Waals surface area contributed by atoms with Crippen molar-refractivity contribution in [3.05, 3.63) is 44.9 Å². The largest absolute Gasteiger partial charge is 0.305 e. The molecule has 1 N–H and O–H groups in total. The van der Waals surface area contributed by atoms with E-state index in [1.165, 1.54) is 11.3 Å². The van der Waals surface area contributed by atoms with Crippen LogP contribution in [0.1, 0.15) is 54.5 Å². The van der Waals surface area contributed by atoms with Gasteiger partial charge in [0.25, 0.3) is 5.56 Å². The van der Waals surface area contributed by atoms with Crippen molar-refractivity contribution in [2.75, 3.05) is 13.1 Å². The molecule has 0 amide bonds. The van der Waals surface area contributed by atoms with Gasteiger partial charge >= 0.3 is 0 Å². The monoisotopic (exact) mass is 354 g/mol. The number of aliphatic imine (C=N–C) groups is 1. The molecule has 2 aromatic rings. The van der Waals surface area contributed by atoms with Crippen molar-refractivity contribution >= 4 is 5.71 Å². The highest BCUT2D eigenvalue weighted by Crippen LogP contribution is 2.19. The SMILES string of the molecule is CCn1ncc(CN2CCc3nc(C4=NCCCC4)[nH]c(=O)c3C2)c1C. The van der Waals surface area contributed by atoms with Gasteiger partial charge in [0.2, 0.25) is 0 Å². The van der Waals surface area contributed by atoms with E-state index in [1.807, 2.05) is 10.9 Å². The molecule has 0 unspecified atom stereocenters. The lowest BCUT2D eigenvalue weighted by atomic mass is 10.0. The summed E-state index contributed by atoms with van der Waals surface area (Å²) < 4.78 is 2.01. The molecule has 4 heterocycles. The van der Waals surface area contributed by atoms with Crippen molar-refractivity contribution in [3.8, 4) is 0 Å². The maximum atomic E-state index is 12.6. The van der Waals surface area contributed by atoms with Gasteiger partial charge in [0.15, 0.2) is 5.82 Å². The van der Waals surface area contributed by atoms with Crippen LogP contribution in [0.3, 0.4) is 0 Å². The van der Waals surface area contributed by atoms with E-state index in [1.54, 1.807) is 0 Å². The maximum absolute atomic E-state index is 12.6. The highest BCUT2D eigenvalue weighted by Gasteiger charge is 2.23. The Morgan fingerprint density at radius 3 is 2.88 bits per heavy atom. The lowest BCUT2D eigenvalue weighted by Gasteiger charge is -2.27. The third-order valence-electron chi connectivity index (χ3n) is 5.44. The zero-order chi connectivity index (χ0) is 18.1. The molecule has 2 aliphatic rings. The summed E-state index contributed by atoms with van der Waals surface area (Å²) >= 11 is 0. The van der Waals surface area contributed by atoms with Crippen LogP contribution in [0.2, 0.25) is 0 Å². The molecule has 138 valence electrons. The van der Waals surface area contributed by atoms with Crippen LogP contribution in [0, 0.1) is 6.92 Å². The minimum atomic E-state index is -0.0102. The van der Waals surface area contributed by atoms with Gasteiger partial charge in [0.1, 0.15) is 0 Å². The quantitative estimate of drug-likeness (QED) is 0.908. The fourth-order valence-corrected chi connectivity index (χ4v) is 3.84. The van der Waals surface area contributed by atoms with E-state index in [0.29, 0.717) is 12.4 Å². The van der Waals surface area contributed by atoms with Crippen LogP contribution in [0.4, 0.5) is 0 Å². The van der Waals surface area contributed by atoms with E-state index in [-0.39, 0.29) is 5.56 Å². The Balaban J connectivity index is 1.54. The van der Waals surface area contributed by atoms with Gasteiger partial charge in [0, 0.05) is 50.4 Å². The Bertz CT molecular complexity index is 894. The summed E-state index contributed by atoms with van der Waals surface area (Å²) in [5.74, 6) is 0.682. The van der Waals surface area contributed by atoms with Crippen molar-refractivity contribution in [1.82, 2.24) is 24.6 Å². The van der Waals surface area contributed by atoms with E-state index in [9.17, 15) is 4.79 Å². The predicted octanol–water partition coefficient (Wildman–Crippen LogP) is 1.83. The average molecular weight is 354 g/mol. The third-order valence-corrected chi connectivity index (χ3v) is 5.44. The van der Waals surface area contributed by atoms with Gasteiger partial charge in [-0.25, -0.2) is 4.98 Å². The van der Waals surface area contributed by atoms with E-state index in [0.717, 1.165) is 68.8 Å². The molecule has 0 aliphatic carbocycles. The van der Waals surface area contributed by atoms with E-state index < -0.39 is 0 Å². The van der Waals surface area contributed by atoms with E-state index in [2.05, 4.69) is 33.8 Å². The first-order chi connectivity index (χ1) is 12.7. The fourth-order valence-electron chi connectivity index (χ4n) is 3.84. The molecule has 0 radical (unpaired) electrons. The number of fused-ring (bicyclic) bond motifs is 1. The summed E-state index contributed by atoms with van der Waals surface area (Å²) in [4.78, 5) is 27.2. The van der Waals surface area contributed by atoms with Crippen LogP contribution in [-0.4, -0.2) is 43.4 Å². The molecular formula is C19H26N6O. The summed E-state index contributed by atoms with van der Waals surface area (Å²) in [6, 6.07) is 0. The number of H-pyrrole nitrogens is 1.